The zero-order chi connectivity index (χ0) is 9.14. The Kier molecular flexibility index (Phi) is 1.78. The Morgan fingerprint density at radius 2 is 2.82 bits per heavy atom. The van der Waals surface area contributed by atoms with Crippen molar-refractivity contribution in [3.05, 3.63) is 12.2 Å². The molecule has 6 nitrogen and oxygen atoms in total. The molecule has 0 aliphatic heterocycles. The number of carbonyl (C=O) groups excluding carboxylic acids is 1. The molecule has 0 aromatic carbocycles. The maximum absolute atomic E-state index is 10.8. The van der Waals surface area contributed by atoms with Crippen molar-refractivity contribution in [2.75, 3.05) is 0 Å². The lowest BCUT2D eigenvalue weighted by atomic mass is 10.4. The summed E-state index contributed by atoms with van der Waals surface area (Å²) in [6.07, 6.45) is 1.17. The van der Waals surface area contributed by atoms with Gasteiger partial charge < -0.3 is 0 Å². The molecule has 1 heterocycles. The quantitative estimate of drug-likeness (QED) is 0.420. The molecule has 1 aromatic rings. The number of carbonyl (C=O) groups is 1. The van der Waals surface area contributed by atoms with E-state index in [9.17, 15) is 4.79 Å². The Morgan fingerprint density at radius 1 is 2.09 bits per heavy atom. The van der Waals surface area contributed by atoms with Gasteiger partial charge in [-0.25, -0.2) is 10.5 Å². The maximum atomic E-state index is 10.8. The van der Waals surface area contributed by atoms with Crippen LogP contribution in [0.1, 0.15) is 5.82 Å². The second-order valence-corrected chi connectivity index (χ2v) is 1.97. The van der Waals surface area contributed by atoms with Gasteiger partial charge in [-0.2, -0.15) is 5.10 Å². The summed E-state index contributed by atoms with van der Waals surface area (Å²) >= 11 is 0. The van der Waals surface area contributed by atoms with Gasteiger partial charge in [-0.15, -0.1) is 0 Å². The van der Waals surface area contributed by atoms with E-state index >= 15 is 0 Å². The van der Waals surface area contributed by atoms with Crippen LogP contribution in [0.25, 0.3) is 0 Å². The summed E-state index contributed by atoms with van der Waals surface area (Å²) in [6.45, 7) is 0. The molecule has 1 amide bonds. The van der Waals surface area contributed by atoms with Crippen LogP contribution in [-0.4, -0.2) is 25.9 Å². The van der Waals surface area contributed by atoms with Crippen LogP contribution in [0.15, 0.2) is 6.33 Å². The monoisotopic (exact) mass is 157 g/mol. The molecule has 11 heavy (non-hydrogen) atoms. The van der Waals surface area contributed by atoms with Crippen LogP contribution >= 0.6 is 0 Å². The summed E-state index contributed by atoms with van der Waals surface area (Å²) in [6, 6.07) is 0. The lowest BCUT2D eigenvalue weighted by Gasteiger charge is -1.96. The van der Waals surface area contributed by atoms with Crippen molar-refractivity contribution < 1.29 is 11.4 Å². The summed E-state index contributed by atoms with van der Waals surface area (Å²) < 4.78 is 7.94. The third kappa shape index (κ3) is 1.74. The second-order valence-electron chi connectivity index (χ2n) is 1.97. The fourth-order valence-electron chi connectivity index (χ4n) is 0.651. The molecule has 0 aliphatic rings. The second kappa shape index (κ2) is 3.11. The summed E-state index contributed by atoms with van der Waals surface area (Å²) in [5.74, 6) is -0.336. The minimum absolute atomic E-state index is 0.128. The van der Waals surface area contributed by atoms with Crippen LogP contribution in [0.3, 0.4) is 0 Å². The van der Waals surface area contributed by atoms with E-state index in [1.54, 1.807) is 7.05 Å². The zero-order valence-electron chi connectivity index (χ0n) is 6.93. The number of hydroxylamine groups is 1. The van der Waals surface area contributed by atoms with E-state index < -0.39 is 5.91 Å². The van der Waals surface area contributed by atoms with Gasteiger partial charge in [0.05, 0.1) is 6.42 Å². The molecule has 0 radical (unpaired) electrons. The van der Waals surface area contributed by atoms with Gasteiger partial charge in [0.1, 0.15) is 12.2 Å². The molecule has 0 spiro atoms. The first kappa shape index (κ1) is 6.29. The first-order valence-electron chi connectivity index (χ1n) is 3.39. The molecule has 0 saturated carbocycles. The van der Waals surface area contributed by atoms with Gasteiger partial charge in [-0.05, 0) is 0 Å². The summed E-state index contributed by atoms with van der Waals surface area (Å²) in [5, 5.41) is 12.1. The predicted octanol–water partition coefficient (Wildman–Crippen LogP) is -1.14. The first-order valence-corrected chi connectivity index (χ1v) is 2.95. The number of amides is 1. The average Bonchev–Trinajstić information content (AvgIpc) is 2.36. The number of rotatable bonds is 2. The number of aryl methyl sites for hydroxylation is 1. The van der Waals surface area contributed by atoms with E-state index in [0.717, 1.165) is 0 Å². The number of nitrogens with one attached hydrogen (secondary N) is 1. The molecule has 1 rings (SSSR count). The van der Waals surface area contributed by atoms with Gasteiger partial charge >= 0.3 is 0 Å². The number of aromatic nitrogens is 3. The Hall–Kier alpha value is -1.43. The van der Waals surface area contributed by atoms with Crippen LogP contribution in [0.5, 0.6) is 0 Å². The van der Waals surface area contributed by atoms with Gasteiger partial charge in [0.15, 0.2) is 1.41 Å². The molecule has 60 valence electrons. The van der Waals surface area contributed by atoms with Crippen molar-refractivity contribution in [2.45, 2.75) is 6.42 Å². The van der Waals surface area contributed by atoms with Crippen molar-refractivity contribution in [2.24, 2.45) is 7.05 Å². The smallest absolute Gasteiger partial charge is 0.250 e. The Bertz CT molecular complexity index is 285. The molecule has 6 heteroatoms. The molecule has 0 unspecified atom stereocenters. The van der Waals surface area contributed by atoms with Crippen LogP contribution in [-0.2, 0) is 18.3 Å². The molecular weight excluding hydrogens is 148 g/mol. The summed E-state index contributed by atoms with van der Waals surface area (Å²) in [4.78, 5) is 14.5. The molecule has 0 bridgehead atoms. The average molecular weight is 157 g/mol. The van der Waals surface area contributed by atoms with Gasteiger partial charge in [-0.3, -0.25) is 14.7 Å². The van der Waals surface area contributed by atoms with E-state index in [0.29, 0.717) is 5.82 Å². The third-order valence-corrected chi connectivity index (χ3v) is 1.23. The van der Waals surface area contributed by atoms with E-state index in [1.807, 2.05) is 0 Å². The molecule has 0 fully saturated rings. The Morgan fingerprint density at radius 3 is 3.27 bits per heavy atom. The zero-order valence-corrected chi connectivity index (χ0v) is 5.93. The number of nitrogens with zero attached hydrogens (tertiary/aromatic N) is 3. The molecule has 0 aliphatic carbocycles. The molecule has 0 saturated heterocycles. The minimum Gasteiger partial charge on any atom is -0.289 e. The Labute approximate surface area is 64.3 Å². The highest BCUT2D eigenvalue weighted by atomic mass is 16.5. The lowest BCUT2D eigenvalue weighted by Crippen LogP contribution is -2.22. The van der Waals surface area contributed by atoms with Crippen molar-refractivity contribution in [1.29, 1.82) is 0 Å². The third-order valence-electron chi connectivity index (χ3n) is 1.23. The maximum Gasteiger partial charge on any atom is 0.250 e. The molecule has 1 aromatic heterocycles. The predicted molar refractivity (Wildman–Crippen MR) is 34.6 cm³/mol. The summed E-state index contributed by atoms with van der Waals surface area (Å²) in [7, 11) is 1.63. The summed E-state index contributed by atoms with van der Waals surface area (Å²) in [5.41, 5.74) is -0.214. The number of hydrogen-bond acceptors (Lipinski definition) is 4. The van der Waals surface area contributed by atoms with E-state index in [-0.39, 0.29) is 11.9 Å². The van der Waals surface area contributed by atoms with Crippen LogP contribution in [0.4, 0.5) is 0 Å². The standard InChI is InChI=1S/C5H8N4O2/c1-9-4(6-3-7-9)2-5(10)8-11/h3,11H,2H2,1H3,(H,8,10)/i/hD. The van der Waals surface area contributed by atoms with Crippen molar-refractivity contribution in [3.8, 4) is 0 Å². The van der Waals surface area contributed by atoms with Crippen LogP contribution in [0.2, 0.25) is 1.41 Å². The molecule has 2 N–H and O–H groups in total. The highest BCUT2D eigenvalue weighted by molar-refractivity contribution is 5.76. The van der Waals surface area contributed by atoms with Crippen LogP contribution in [0, 0.1) is 0 Å². The highest BCUT2D eigenvalue weighted by Crippen LogP contribution is 1.90. The van der Waals surface area contributed by atoms with E-state index in [4.69, 9.17) is 6.62 Å². The first-order chi connectivity index (χ1) is 5.61. The van der Waals surface area contributed by atoms with E-state index in [1.165, 1.54) is 11.0 Å². The van der Waals surface area contributed by atoms with Gasteiger partial charge in [0.25, 0.3) is 5.91 Å². The largest absolute Gasteiger partial charge is 0.289 e. The fraction of sp³-hybridized carbons (Fsp3) is 0.400. The van der Waals surface area contributed by atoms with Gasteiger partial charge in [0.2, 0.25) is 0 Å². The highest BCUT2D eigenvalue weighted by Gasteiger charge is 2.05. The molecular formula is C5H8N4O2. The van der Waals surface area contributed by atoms with Crippen molar-refractivity contribution in [3.63, 3.8) is 0 Å². The number of hydrogen-bond donors (Lipinski definition) is 2. The topological polar surface area (TPSA) is 80.0 Å². The lowest BCUT2D eigenvalue weighted by molar-refractivity contribution is -0.128. The normalized spacial score (nSPS) is 10.9. The van der Waals surface area contributed by atoms with Gasteiger partial charge in [-0.1, -0.05) is 0 Å². The van der Waals surface area contributed by atoms with Crippen molar-refractivity contribution in [1.82, 2.24) is 20.2 Å². The molecule has 0 atom stereocenters. The van der Waals surface area contributed by atoms with Crippen LogP contribution < -0.4 is 5.47 Å². The van der Waals surface area contributed by atoms with E-state index in [2.05, 4.69) is 10.1 Å². The van der Waals surface area contributed by atoms with Gasteiger partial charge in [0, 0.05) is 7.05 Å². The van der Waals surface area contributed by atoms with Crippen molar-refractivity contribution >= 4 is 5.91 Å². The SMILES string of the molecule is [2H]N(O)C(=O)Cc1ncnn1C. The Balaban J connectivity index is 2.64. The fourth-order valence-corrected chi connectivity index (χ4v) is 0.651. The minimum atomic E-state index is -0.744.